The highest BCUT2D eigenvalue weighted by atomic mass is 19.4. The molecule has 1 heterocycles. The minimum Gasteiger partial charge on any atom is -0.392 e. The third-order valence-electron chi connectivity index (χ3n) is 6.78. The van der Waals surface area contributed by atoms with Crippen molar-refractivity contribution in [3.05, 3.63) is 36.0 Å². The highest BCUT2D eigenvalue weighted by Crippen LogP contribution is 2.34. The number of alkyl halides is 4. The molecule has 2 aliphatic rings. The number of hydrogen-bond donors (Lipinski definition) is 2. The second-order valence-corrected chi connectivity index (χ2v) is 9.80. The Morgan fingerprint density at radius 2 is 1.94 bits per heavy atom. The molecule has 2 atom stereocenters. The zero-order chi connectivity index (χ0) is 24.6. The molecular formula is C25H38F4N2O2. The van der Waals surface area contributed by atoms with Gasteiger partial charge in [-0.3, -0.25) is 4.79 Å². The van der Waals surface area contributed by atoms with Gasteiger partial charge in [0.05, 0.1) is 6.10 Å². The molecule has 0 bridgehead atoms. The Morgan fingerprint density at radius 3 is 2.58 bits per heavy atom. The molecule has 188 valence electrons. The zero-order valence-corrected chi connectivity index (χ0v) is 19.8. The Hall–Kier alpha value is -1.67. The van der Waals surface area contributed by atoms with Crippen LogP contribution in [0.25, 0.3) is 0 Å². The molecule has 0 spiro atoms. The first-order chi connectivity index (χ1) is 15.4. The Labute approximate surface area is 194 Å². The van der Waals surface area contributed by atoms with Gasteiger partial charge < -0.3 is 15.3 Å². The van der Waals surface area contributed by atoms with E-state index >= 15 is 0 Å². The number of likely N-dealkylation sites (tertiary alicyclic amines) is 1. The van der Waals surface area contributed by atoms with Gasteiger partial charge in [-0.15, -0.1) is 0 Å². The largest absolute Gasteiger partial charge is 0.412 e. The van der Waals surface area contributed by atoms with Gasteiger partial charge >= 0.3 is 6.18 Å². The molecule has 1 aliphatic heterocycles. The Balaban J connectivity index is 1.70. The number of aliphatic hydroxyl groups excluding tert-OH is 1. The monoisotopic (exact) mass is 474 g/mol. The van der Waals surface area contributed by atoms with Gasteiger partial charge in [0.2, 0.25) is 5.91 Å². The minimum absolute atomic E-state index is 0.0615. The standard InChI is InChI=1S/C25H38F4N2O2/c1-18(6-4-7-19(2)25(27,28)29)21-8-5-15-31(16-21)17-22(32)11-14-30-23(33)20-9-12-24(3,26)13-10-20/h4,6-7,20-22,32H,1,5,8-17H2,2-3H3,(H,30,33)/b6-4-,19-7+. The van der Waals surface area contributed by atoms with E-state index in [1.165, 1.54) is 6.08 Å². The van der Waals surface area contributed by atoms with Crippen LogP contribution in [0.4, 0.5) is 17.6 Å². The van der Waals surface area contributed by atoms with E-state index in [-0.39, 0.29) is 17.7 Å². The predicted octanol–water partition coefficient (Wildman–Crippen LogP) is 5.11. The van der Waals surface area contributed by atoms with E-state index in [0.717, 1.165) is 38.0 Å². The fourth-order valence-electron chi connectivity index (χ4n) is 4.45. The van der Waals surface area contributed by atoms with Crippen molar-refractivity contribution in [2.24, 2.45) is 11.8 Å². The summed E-state index contributed by atoms with van der Waals surface area (Å²) < 4.78 is 51.6. The van der Waals surface area contributed by atoms with Crippen molar-refractivity contribution < 1.29 is 27.5 Å². The van der Waals surface area contributed by atoms with Crippen molar-refractivity contribution in [3.8, 4) is 0 Å². The number of aliphatic hydroxyl groups is 1. The fourth-order valence-corrected chi connectivity index (χ4v) is 4.45. The van der Waals surface area contributed by atoms with Crippen molar-refractivity contribution in [1.29, 1.82) is 0 Å². The molecule has 1 saturated heterocycles. The second-order valence-electron chi connectivity index (χ2n) is 9.80. The summed E-state index contributed by atoms with van der Waals surface area (Å²) in [6.45, 7) is 9.02. The number of rotatable bonds is 9. The number of β-amino-alcohol motifs (C(OH)–C–C–N with tert-alkyl or cyclic N) is 1. The van der Waals surface area contributed by atoms with Gasteiger partial charge in [0.15, 0.2) is 0 Å². The second kappa shape index (κ2) is 12.2. The zero-order valence-electron chi connectivity index (χ0n) is 19.8. The Kier molecular flexibility index (Phi) is 10.2. The average molecular weight is 475 g/mol. The summed E-state index contributed by atoms with van der Waals surface area (Å²) in [5.74, 6) is -0.0785. The fraction of sp³-hybridized carbons (Fsp3) is 0.720. The number of hydrogen-bond acceptors (Lipinski definition) is 3. The minimum atomic E-state index is -4.32. The summed E-state index contributed by atoms with van der Waals surface area (Å²) in [5, 5.41) is 13.3. The first kappa shape index (κ1) is 27.6. The number of amides is 1. The molecule has 1 saturated carbocycles. The molecular weight excluding hydrogens is 436 g/mol. The lowest BCUT2D eigenvalue weighted by atomic mass is 9.80. The average Bonchev–Trinajstić information content (AvgIpc) is 2.72. The van der Waals surface area contributed by atoms with Crippen molar-refractivity contribution in [2.75, 3.05) is 26.2 Å². The van der Waals surface area contributed by atoms with E-state index in [2.05, 4.69) is 16.8 Å². The quantitative estimate of drug-likeness (QED) is 0.361. The maximum absolute atomic E-state index is 13.9. The van der Waals surface area contributed by atoms with Gasteiger partial charge in [0, 0.05) is 31.1 Å². The van der Waals surface area contributed by atoms with Crippen LogP contribution in [0.1, 0.15) is 58.8 Å². The van der Waals surface area contributed by atoms with Gasteiger partial charge in [-0.1, -0.05) is 30.4 Å². The van der Waals surface area contributed by atoms with Crippen LogP contribution in [0.2, 0.25) is 0 Å². The van der Waals surface area contributed by atoms with Gasteiger partial charge in [0.25, 0.3) is 0 Å². The van der Waals surface area contributed by atoms with Crippen LogP contribution in [-0.2, 0) is 4.79 Å². The molecule has 0 aromatic rings. The first-order valence-electron chi connectivity index (χ1n) is 11.9. The summed E-state index contributed by atoms with van der Waals surface area (Å²) in [4.78, 5) is 14.4. The van der Waals surface area contributed by atoms with Crippen LogP contribution in [0, 0.1) is 11.8 Å². The Morgan fingerprint density at radius 1 is 1.27 bits per heavy atom. The van der Waals surface area contributed by atoms with Gasteiger partial charge in [-0.25, -0.2) is 4.39 Å². The lowest BCUT2D eigenvalue weighted by Gasteiger charge is -2.34. The molecule has 2 rings (SSSR count). The topological polar surface area (TPSA) is 52.6 Å². The van der Waals surface area contributed by atoms with Crippen LogP contribution >= 0.6 is 0 Å². The molecule has 1 aliphatic carbocycles. The summed E-state index contributed by atoms with van der Waals surface area (Å²) in [7, 11) is 0. The van der Waals surface area contributed by atoms with Crippen molar-refractivity contribution >= 4 is 5.91 Å². The van der Waals surface area contributed by atoms with Gasteiger partial charge in [-0.05, 0) is 71.3 Å². The molecule has 33 heavy (non-hydrogen) atoms. The lowest BCUT2D eigenvalue weighted by Crippen LogP contribution is -2.42. The highest BCUT2D eigenvalue weighted by Gasteiger charge is 2.33. The van der Waals surface area contributed by atoms with E-state index in [9.17, 15) is 27.5 Å². The normalized spacial score (nSPS) is 28.6. The summed E-state index contributed by atoms with van der Waals surface area (Å²) in [6.07, 6.45) is 3.34. The first-order valence-corrected chi connectivity index (χ1v) is 11.9. The molecule has 2 unspecified atom stereocenters. The van der Waals surface area contributed by atoms with Crippen molar-refractivity contribution in [3.63, 3.8) is 0 Å². The Bertz CT molecular complexity index is 720. The molecule has 8 heteroatoms. The van der Waals surface area contributed by atoms with E-state index in [1.807, 2.05) is 0 Å². The molecule has 2 fully saturated rings. The third-order valence-corrected chi connectivity index (χ3v) is 6.78. The summed E-state index contributed by atoms with van der Waals surface area (Å²) in [6, 6.07) is 0. The van der Waals surface area contributed by atoms with E-state index < -0.39 is 23.5 Å². The SMILES string of the molecule is C=C(/C=C\C=C(/C)C(F)(F)F)C1CCCN(CC(O)CCNC(=O)C2CCC(C)(F)CC2)C1. The number of nitrogens with one attached hydrogen (secondary N) is 1. The molecule has 1 amide bonds. The van der Waals surface area contributed by atoms with Gasteiger partial charge in [0.1, 0.15) is 5.67 Å². The van der Waals surface area contributed by atoms with E-state index in [4.69, 9.17) is 0 Å². The molecule has 0 radical (unpaired) electrons. The van der Waals surface area contributed by atoms with Crippen LogP contribution in [0.5, 0.6) is 0 Å². The number of allylic oxidation sites excluding steroid dienone is 4. The number of carbonyl (C=O) groups excluding carboxylic acids is 1. The maximum Gasteiger partial charge on any atom is 0.412 e. The van der Waals surface area contributed by atoms with E-state index in [1.54, 1.807) is 13.0 Å². The van der Waals surface area contributed by atoms with Crippen LogP contribution in [0.15, 0.2) is 36.0 Å². The van der Waals surface area contributed by atoms with Crippen LogP contribution in [-0.4, -0.2) is 60.0 Å². The molecule has 4 nitrogen and oxygen atoms in total. The van der Waals surface area contributed by atoms with Crippen LogP contribution in [0.3, 0.4) is 0 Å². The van der Waals surface area contributed by atoms with Crippen molar-refractivity contribution in [2.45, 2.75) is 76.7 Å². The predicted molar refractivity (Wildman–Crippen MR) is 122 cm³/mol. The van der Waals surface area contributed by atoms with E-state index in [0.29, 0.717) is 51.7 Å². The van der Waals surface area contributed by atoms with Gasteiger partial charge in [-0.2, -0.15) is 13.2 Å². The maximum atomic E-state index is 13.9. The van der Waals surface area contributed by atoms with Crippen molar-refractivity contribution in [1.82, 2.24) is 10.2 Å². The van der Waals surface area contributed by atoms with Crippen LogP contribution < -0.4 is 5.32 Å². The molecule has 0 aromatic carbocycles. The highest BCUT2D eigenvalue weighted by molar-refractivity contribution is 5.78. The number of carbonyl (C=O) groups is 1. The number of nitrogens with zero attached hydrogens (tertiary/aromatic N) is 1. The molecule has 2 N–H and O–H groups in total. The number of piperidine rings is 1. The summed E-state index contributed by atoms with van der Waals surface area (Å²) in [5.41, 5.74) is -1.04. The smallest absolute Gasteiger partial charge is 0.392 e. The lowest BCUT2D eigenvalue weighted by molar-refractivity contribution is -0.126. The third kappa shape index (κ3) is 9.61. The summed E-state index contributed by atoms with van der Waals surface area (Å²) >= 11 is 0. The molecule has 0 aromatic heterocycles. The number of halogens is 4.